The van der Waals surface area contributed by atoms with Gasteiger partial charge in [-0.15, -0.1) is 0 Å². The first-order valence-electron chi connectivity index (χ1n) is 7.95. The molecule has 0 N–H and O–H groups in total. The van der Waals surface area contributed by atoms with Gasteiger partial charge in [-0.05, 0) is 42.0 Å². The number of carbonyl (C=O) groups is 1. The highest BCUT2D eigenvalue weighted by Gasteiger charge is 2.33. The van der Waals surface area contributed by atoms with Crippen LogP contribution in [0.3, 0.4) is 0 Å². The van der Waals surface area contributed by atoms with Gasteiger partial charge in [-0.25, -0.2) is 0 Å². The van der Waals surface area contributed by atoms with E-state index in [9.17, 15) is 4.79 Å². The monoisotopic (exact) mass is 293 g/mol. The van der Waals surface area contributed by atoms with Crippen molar-refractivity contribution in [1.29, 1.82) is 0 Å². The summed E-state index contributed by atoms with van der Waals surface area (Å²) in [6.07, 6.45) is 0. The highest BCUT2D eigenvalue weighted by molar-refractivity contribution is 5.77. The molecular weight excluding hydrogens is 270 g/mol. The zero-order chi connectivity index (χ0) is 15.7. The summed E-state index contributed by atoms with van der Waals surface area (Å²) in [5.74, 6) is 0.681. The Bertz CT molecular complexity index is 692. The van der Waals surface area contributed by atoms with Crippen LogP contribution in [-0.4, -0.2) is 23.8 Å². The van der Waals surface area contributed by atoms with Crippen LogP contribution in [0.1, 0.15) is 48.1 Å². The number of hydrogen-bond acceptors (Lipinski definition) is 2. The van der Waals surface area contributed by atoms with E-state index < -0.39 is 0 Å². The summed E-state index contributed by atoms with van der Waals surface area (Å²) in [4.78, 5) is 14.1. The summed E-state index contributed by atoms with van der Waals surface area (Å²) in [6, 6.07) is 17.4. The maximum atomic E-state index is 11.8. The zero-order valence-corrected chi connectivity index (χ0v) is 13.5. The van der Waals surface area contributed by atoms with Crippen molar-refractivity contribution in [2.45, 2.75) is 32.7 Å². The summed E-state index contributed by atoms with van der Waals surface area (Å²) in [5, 5.41) is 0. The number of nitrogens with zero attached hydrogens (tertiary/aromatic N) is 1. The molecule has 0 saturated carbocycles. The summed E-state index contributed by atoms with van der Waals surface area (Å²) in [7, 11) is 0. The van der Waals surface area contributed by atoms with Gasteiger partial charge in [-0.2, -0.15) is 0 Å². The molecule has 0 aliphatic carbocycles. The number of carbonyl (C=O) groups excluding carboxylic acids is 1. The van der Waals surface area contributed by atoms with Gasteiger partial charge in [0.05, 0.1) is 12.6 Å². The maximum Gasteiger partial charge on any atom is 0.143 e. The van der Waals surface area contributed by atoms with Crippen molar-refractivity contribution < 1.29 is 4.79 Å². The molecule has 0 amide bonds. The minimum Gasteiger partial charge on any atom is -0.299 e. The molecule has 0 spiro atoms. The molecule has 22 heavy (non-hydrogen) atoms. The summed E-state index contributed by atoms with van der Waals surface area (Å²) >= 11 is 0. The van der Waals surface area contributed by atoms with Crippen LogP contribution >= 0.6 is 0 Å². The Kier molecular flexibility index (Phi) is 4.12. The Hall–Kier alpha value is -1.93. The van der Waals surface area contributed by atoms with E-state index in [0.29, 0.717) is 12.5 Å². The van der Waals surface area contributed by atoms with E-state index in [4.69, 9.17) is 0 Å². The fraction of sp³-hybridized carbons (Fsp3) is 0.350. The number of rotatable bonds is 3. The molecule has 0 fully saturated rings. The third kappa shape index (κ3) is 2.71. The SMILES string of the molecule is CC(=O)CN1CC(C)c2ccccc2[C@H]1c1ccccc1C. The number of aryl methyl sites for hydroxylation is 1. The molecule has 1 aliphatic heterocycles. The predicted molar refractivity (Wildman–Crippen MR) is 90.1 cm³/mol. The number of Topliss-reactive ketones (excluding diaryl/α,β-unsaturated/α-hetero) is 1. The summed E-state index contributed by atoms with van der Waals surface area (Å²) in [5.41, 5.74) is 5.35. The second kappa shape index (κ2) is 6.05. The third-order valence-electron chi connectivity index (χ3n) is 4.60. The standard InChI is InChI=1S/C20H23NO/c1-14-8-4-5-10-18(14)20-19-11-7-6-9-17(19)15(2)12-21(20)13-16(3)22/h4-11,15,20H,12-13H2,1-3H3/t15?,20-/m1/s1. The molecule has 0 aromatic heterocycles. The van der Waals surface area contributed by atoms with Crippen LogP contribution in [0.15, 0.2) is 48.5 Å². The molecular formula is C20H23NO. The van der Waals surface area contributed by atoms with Crippen LogP contribution in [-0.2, 0) is 4.79 Å². The van der Waals surface area contributed by atoms with E-state index in [1.807, 2.05) is 0 Å². The largest absolute Gasteiger partial charge is 0.299 e. The van der Waals surface area contributed by atoms with Gasteiger partial charge in [0.2, 0.25) is 0 Å². The van der Waals surface area contributed by atoms with Gasteiger partial charge in [0.1, 0.15) is 5.78 Å². The molecule has 114 valence electrons. The first-order chi connectivity index (χ1) is 10.6. The Morgan fingerprint density at radius 3 is 2.27 bits per heavy atom. The van der Waals surface area contributed by atoms with Crippen LogP contribution < -0.4 is 0 Å². The second-order valence-electron chi connectivity index (χ2n) is 6.42. The van der Waals surface area contributed by atoms with Crippen molar-refractivity contribution in [3.05, 3.63) is 70.8 Å². The first kappa shape index (κ1) is 15.0. The molecule has 3 rings (SSSR count). The van der Waals surface area contributed by atoms with Crippen molar-refractivity contribution in [2.75, 3.05) is 13.1 Å². The van der Waals surface area contributed by atoms with Gasteiger partial charge in [0.15, 0.2) is 0 Å². The summed E-state index contributed by atoms with van der Waals surface area (Å²) < 4.78 is 0. The second-order valence-corrected chi connectivity index (χ2v) is 6.42. The maximum absolute atomic E-state index is 11.8. The summed E-state index contributed by atoms with van der Waals surface area (Å²) in [6.45, 7) is 7.52. The molecule has 2 aromatic carbocycles. The topological polar surface area (TPSA) is 20.3 Å². The van der Waals surface area contributed by atoms with E-state index >= 15 is 0 Å². The van der Waals surface area contributed by atoms with Crippen molar-refractivity contribution in [3.8, 4) is 0 Å². The van der Waals surface area contributed by atoms with Crippen LogP contribution in [0.25, 0.3) is 0 Å². The quantitative estimate of drug-likeness (QED) is 0.849. The van der Waals surface area contributed by atoms with Gasteiger partial charge in [0, 0.05) is 6.54 Å². The van der Waals surface area contributed by atoms with Crippen LogP contribution in [0, 0.1) is 6.92 Å². The van der Waals surface area contributed by atoms with Crippen molar-refractivity contribution in [2.24, 2.45) is 0 Å². The lowest BCUT2D eigenvalue weighted by Crippen LogP contribution is -2.40. The highest BCUT2D eigenvalue weighted by atomic mass is 16.1. The Balaban J connectivity index is 2.14. The molecule has 2 atom stereocenters. The van der Waals surface area contributed by atoms with Crippen LogP contribution in [0.4, 0.5) is 0 Å². The third-order valence-corrected chi connectivity index (χ3v) is 4.60. The lowest BCUT2D eigenvalue weighted by molar-refractivity contribution is -0.118. The van der Waals surface area contributed by atoms with Gasteiger partial charge >= 0.3 is 0 Å². The minimum atomic E-state index is 0.178. The Labute approximate surface area is 132 Å². The number of benzene rings is 2. The molecule has 2 aromatic rings. The van der Waals surface area contributed by atoms with Crippen molar-refractivity contribution >= 4 is 5.78 Å². The molecule has 1 aliphatic rings. The molecule has 2 heteroatoms. The molecule has 2 nitrogen and oxygen atoms in total. The van der Waals surface area contributed by atoms with E-state index in [1.54, 1.807) is 6.92 Å². The lowest BCUT2D eigenvalue weighted by Gasteiger charge is -2.40. The lowest BCUT2D eigenvalue weighted by atomic mass is 9.82. The van der Waals surface area contributed by atoms with Gasteiger partial charge < -0.3 is 0 Å². The smallest absolute Gasteiger partial charge is 0.143 e. The zero-order valence-electron chi connectivity index (χ0n) is 13.5. The number of fused-ring (bicyclic) bond motifs is 1. The molecule has 1 unspecified atom stereocenters. The molecule has 0 radical (unpaired) electrons. The van der Waals surface area contributed by atoms with Crippen LogP contribution in [0.5, 0.6) is 0 Å². The molecule has 0 bridgehead atoms. The Morgan fingerprint density at radius 1 is 1.05 bits per heavy atom. The van der Waals surface area contributed by atoms with E-state index in [-0.39, 0.29) is 11.8 Å². The Morgan fingerprint density at radius 2 is 1.64 bits per heavy atom. The average Bonchev–Trinajstić information content (AvgIpc) is 2.48. The van der Waals surface area contributed by atoms with Crippen molar-refractivity contribution in [1.82, 2.24) is 4.90 Å². The van der Waals surface area contributed by atoms with Gasteiger partial charge in [-0.3, -0.25) is 9.69 Å². The predicted octanol–water partition coefficient (Wildman–Crippen LogP) is 4.09. The van der Waals surface area contributed by atoms with E-state index in [1.165, 1.54) is 22.3 Å². The average molecular weight is 293 g/mol. The first-order valence-corrected chi connectivity index (χ1v) is 7.95. The van der Waals surface area contributed by atoms with Crippen LogP contribution in [0.2, 0.25) is 0 Å². The van der Waals surface area contributed by atoms with Gasteiger partial charge in [-0.1, -0.05) is 55.5 Å². The number of ketones is 1. The molecule has 0 saturated heterocycles. The fourth-order valence-corrected chi connectivity index (χ4v) is 3.66. The minimum absolute atomic E-state index is 0.178. The molecule has 1 heterocycles. The fourth-order valence-electron chi connectivity index (χ4n) is 3.66. The van der Waals surface area contributed by atoms with Gasteiger partial charge in [0.25, 0.3) is 0 Å². The van der Waals surface area contributed by atoms with E-state index in [0.717, 1.165) is 6.54 Å². The van der Waals surface area contributed by atoms with E-state index in [2.05, 4.69) is 67.3 Å². The number of hydrogen-bond donors (Lipinski definition) is 0. The highest BCUT2D eigenvalue weighted by Crippen LogP contribution is 2.40. The van der Waals surface area contributed by atoms with Crippen molar-refractivity contribution in [3.63, 3.8) is 0 Å². The normalized spacial score (nSPS) is 21.4.